The van der Waals surface area contributed by atoms with Crippen LogP contribution in [0, 0.1) is 12.7 Å². The van der Waals surface area contributed by atoms with E-state index in [1.807, 2.05) is 22.6 Å². The van der Waals surface area contributed by atoms with Crippen LogP contribution >= 0.6 is 30.3 Å². The molecule has 3 aromatic rings. The monoisotopic (exact) mass is 968 g/mol. The van der Waals surface area contributed by atoms with E-state index >= 15 is 4.39 Å². The van der Waals surface area contributed by atoms with Gasteiger partial charge in [0.1, 0.15) is 25.1 Å². The van der Waals surface area contributed by atoms with E-state index in [2.05, 4.69) is 21.0 Å². The molecule has 1 aliphatic carbocycles. The molecule has 1 aromatic carbocycles. The van der Waals surface area contributed by atoms with Crippen molar-refractivity contribution >= 4 is 70.9 Å². The number of aromatic nitrogens is 2. The van der Waals surface area contributed by atoms with Gasteiger partial charge in [-0.1, -0.05) is 29.5 Å². The Morgan fingerprint density at radius 1 is 1.10 bits per heavy atom. The van der Waals surface area contributed by atoms with Gasteiger partial charge in [-0.3, -0.25) is 33.0 Å². The Bertz CT molecular complexity index is 2380. The Kier molecular flexibility index (Phi) is 13.8. The van der Waals surface area contributed by atoms with Crippen molar-refractivity contribution in [3.63, 3.8) is 0 Å². The molecular weight excluding hydrogens is 921 g/mol. The van der Waals surface area contributed by atoms with E-state index < -0.39 is 73.2 Å². The first-order chi connectivity index (χ1) is 28.4. The van der Waals surface area contributed by atoms with Crippen LogP contribution in [0.15, 0.2) is 16.9 Å². The summed E-state index contributed by atoms with van der Waals surface area (Å²) in [5.41, 5.74) is 0.866. The summed E-state index contributed by atoms with van der Waals surface area (Å²) in [6, 6.07) is -0.412. The number of esters is 1. The lowest BCUT2D eigenvalue weighted by Gasteiger charge is -2.31. The van der Waals surface area contributed by atoms with Crippen LogP contribution in [0.4, 0.5) is 4.39 Å². The molecule has 2 aromatic heterocycles. The molecule has 0 spiro atoms. The van der Waals surface area contributed by atoms with Gasteiger partial charge in [0.05, 0.1) is 52.1 Å². The lowest BCUT2D eigenvalue weighted by molar-refractivity contribution is -0.172. The number of pyridine rings is 2. The Morgan fingerprint density at radius 3 is 2.55 bits per heavy atom. The molecule has 21 heteroatoms. The largest absolute Gasteiger partial charge is 0.480 e. The number of halogens is 2. The van der Waals surface area contributed by atoms with E-state index in [-0.39, 0.29) is 48.7 Å². The Morgan fingerprint density at radius 2 is 1.85 bits per heavy atom. The molecule has 18 nitrogen and oxygen atoms in total. The van der Waals surface area contributed by atoms with E-state index in [0.717, 1.165) is 0 Å². The SMILES string of the molecule is CC[C@@]1(O)C(=O)OCc2c1cc1n(c2=O)Cc2c-1nc1cc(F)c(C)c3c1c2[C@@H](NC(=O)COP(=O)(NC(C)C(=O)NC(C)C(=O)O)OCCCCCNC(=O)CI)CC3. The van der Waals surface area contributed by atoms with Crippen molar-refractivity contribution in [2.24, 2.45) is 0 Å². The number of hydrogen-bond acceptors (Lipinski definition) is 12. The van der Waals surface area contributed by atoms with Gasteiger partial charge in [0.25, 0.3) is 5.56 Å². The molecule has 3 unspecified atom stereocenters. The van der Waals surface area contributed by atoms with Crippen molar-refractivity contribution in [3.8, 4) is 11.4 Å². The minimum atomic E-state index is -4.41. The van der Waals surface area contributed by atoms with Crippen molar-refractivity contribution in [1.82, 2.24) is 30.6 Å². The maximum Gasteiger partial charge on any atom is 0.406 e. The number of carbonyl (C=O) groups excluding carboxylic acids is 4. The molecule has 60 heavy (non-hydrogen) atoms. The first-order valence-corrected chi connectivity index (χ1v) is 22.6. The molecule has 5 atom stereocenters. The highest BCUT2D eigenvalue weighted by atomic mass is 127. The number of ether oxygens (including phenoxy) is 1. The van der Waals surface area contributed by atoms with Gasteiger partial charge < -0.3 is 35.5 Å². The summed E-state index contributed by atoms with van der Waals surface area (Å²) < 4.78 is 47.6. The average molecular weight is 969 g/mol. The summed E-state index contributed by atoms with van der Waals surface area (Å²) in [5.74, 6) is -4.28. The number of amides is 3. The fraction of sp³-hybridized carbons (Fsp3) is 0.513. The molecule has 3 aliphatic rings. The minimum Gasteiger partial charge on any atom is -0.480 e. The molecule has 3 amide bonds. The minimum absolute atomic E-state index is 0.0182. The molecule has 4 heterocycles. The van der Waals surface area contributed by atoms with Crippen LogP contribution in [-0.2, 0) is 67.5 Å². The van der Waals surface area contributed by atoms with Crippen LogP contribution in [0.25, 0.3) is 22.3 Å². The topological polar surface area (TPSA) is 254 Å². The standard InChI is InChI=1S/C39H47FIN6O12P/c1-5-39(55)25-13-29-34-23(16-47(29)36(51)24(25)17-57-38(39)54)33-27(10-9-22-19(2)26(40)14-28(45-34)32(22)33)44-31(49)18-59-60(56,46-20(3)35(50)43-21(4)37(52)53)58-12-8-6-7-11-42-30(48)15-41/h13-14,20-21,27,55H,5-12,15-18H2,1-4H3,(H,42,48)(H,43,50)(H,44,49)(H,46,56)(H,52,53)/t20?,21?,27-,39-,60?/m0/s1. The van der Waals surface area contributed by atoms with Crippen LogP contribution in [0.5, 0.6) is 0 Å². The number of fused-ring (bicyclic) bond motifs is 5. The zero-order chi connectivity index (χ0) is 43.7. The second-order valence-corrected chi connectivity index (χ2v) is 17.6. The van der Waals surface area contributed by atoms with Crippen LogP contribution in [0.1, 0.15) is 92.3 Å². The predicted molar refractivity (Wildman–Crippen MR) is 222 cm³/mol. The van der Waals surface area contributed by atoms with Gasteiger partial charge in [-0.05, 0) is 82.1 Å². The lowest BCUT2D eigenvalue weighted by Crippen LogP contribution is -2.47. The first kappa shape index (κ1) is 45.2. The molecule has 0 fully saturated rings. The third-order valence-corrected chi connectivity index (χ3v) is 13.5. The van der Waals surface area contributed by atoms with E-state index in [4.69, 9.17) is 18.8 Å². The Hall–Kier alpha value is -4.34. The summed E-state index contributed by atoms with van der Waals surface area (Å²) in [4.78, 5) is 80.8. The maximum atomic E-state index is 15.4. The fourth-order valence-electron chi connectivity index (χ4n) is 7.75. The molecule has 0 bridgehead atoms. The lowest BCUT2D eigenvalue weighted by atomic mass is 9.81. The third kappa shape index (κ3) is 8.99. The van der Waals surface area contributed by atoms with Crippen LogP contribution in [-0.4, -0.2) is 85.7 Å². The Balaban J connectivity index is 1.26. The third-order valence-electron chi connectivity index (χ3n) is 11.1. The highest BCUT2D eigenvalue weighted by molar-refractivity contribution is 14.1. The van der Waals surface area contributed by atoms with Crippen molar-refractivity contribution in [1.29, 1.82) is 0 Å². The number of rotatable bonds is 18. The van der Waals surface area contributed by atoms with Gasteiger partial charge in [-0.15, -0.1) is 0 Å². The highest BCUT2D eigenvalue weighted by Crippen LogP contribution is 2.47. The summed E-state index contributed by atoms with van der Waals surface area (Å²) in [6.45, 7) is 5.05. The van der Waals surface area contributed by atoms with Crippen LogP contribution in [0.3, 0.4) is 0 Å². The first-order valence-electron chi connectivity index (χ1n) is 19.6. The molecule has 0 saturated carbocycles. The summed E-state index contributed by atoms with van der Waals surface area (Å²) in [5, 5.41) is 31.6. The number of unbranched alkanes of at least 4 members (excludes halogenated alkanes) is 2. The van der Waals surface area contributed by atoms with Crippen LogP contribution < -0.4 is 26.6 Å². The number of carboxylic acids is 1. The zero-order valence-electron chi connectivity index (χ0n) is 33.4. The van der Waals surface area contributed by atoms with Gasteiger partial charge in [0.2, 0.25) is 17.7 Å². The van der Waals surface area contributed by atoms with E-state index in [9.17, 15) is 43.5 Å². The number of aryl methyl sites for hydroxylation is 1. The molecule has 2 aliphatic heterocycles. The highest BCUT2D eigenvalue weighted by Gasteiger charge is 2.46. The number of carboxylic acid groups (broad SMARTS) is 1. The van der Waals surface area contributed by atoms with Gasteiger partial charge in [0, 0.05) is 29.1 Å². The molecule has 0 saturated heterocycles. The van der Waals surface area contributed by atoms with Crippen molar-refractivity contribution < 1.29 is 56.9 Å². The van der Waals surface area contributed by atoms with Crippen molar-refractivity contribution in [2.75, 3.05) is 24.2 Å². The molecule has 6 rings (SSSR count). The van der Waals surface area contributed by atoms with Gasteiger partial charge in [-0.25, -0.2) is 23.8 Å². The number of nitrogens with one attached hydrogen (secondary N) is 4. The number of hydrogen-bond donors (Lipinski definition) is 6. The summed E-state index contributed by atoms with van der Waals surface area (Å²) >= 11 is 1.95. The van der Waals surface area contributed by atoms with Gasteiger partial charge in [0.15, 0.2) is 5.60 Å². The number of aliphatic hydroxyl groups is 1. The summed E-state index contributed by atoms with van der Waals surface area (Å²) in [6.07, 6.45) is 2.18. The van der Waals surface area contributed by atoms with Gasteiger partial charge in [-0.2, -0.15) is 0 Å². The average Bonchev–Trinajstić information content (AvgIpc) is 3.59. The van der Waals surface area contributed by atoms with E-state index in [1.54, 1.807) is 19.9 Å². The number of aliphatic carboxylic acids is 1. The second-order valence-electron chi connectivity index (χ2n) is 15.0. The van der Waals surface area contributed by atoms with E-state index in [1.165, 1.54) is 24.5 Å². The quantitative estimate of drug-likeness (QED) is 0.0276. The van der Waals surface area contributed by atoms with E-state index in [0.29, 0.717) is 82.1 Å². The predicted octanol–water partition coefficient (Wildman–Crippen LogP) is 3.06. The number of carbonyl (C=O) groups is 5. The van der Waals surface area contributed by atoms with Crippen molar-refractivity contribution in [3.05, 3.63) is 61.7 Å². The fourth-order valence-corrected chi connectivity index (χ4v) is 9.49. The van der Waals surface area contributed by atoms with Gasteiger partial charge >= 0.3 is 19.7 Å². The molecular formula is C39H47FIN6O12P. The normalized spacial score (nSPS) is 19.6. The number of nitrogens with zero attached hydrogens (tertiary/aromatic N) is 2. The second kappa shape index (κ2) is 18.3. The molecule has 6 N–H and O–H groups in total. The number of alkyl halides is 1. The number of cyclic esters (lactones) is 1. The maximum absolute atomic E-state index is 15.4. The molecule has 0 radical (unpaired) electrons. The van der Waals surface area contributed by atoms with Crippen molar-refractivity contribution in [2.45, 2.75) is 103 Å². The Labute approximate surface area is 357 Å². The van der Waals surface area contributed by atoms with Crippen LogP contribution in [0.2, 0.25) is 0 Å². The number of benzene rings is 1. The molecule has 324 valence electrons. The summed E-state index contributed by atoms with van der Waals surface area (Å²) in [7, 11) is -4.41. The smallest absolute Gasteiger partial charge is 0.406 e. The zero-order valence-corrected chi connectivity index (χ0v) is 36.5.